The van der Waals surface area contributed by atoms with Crippen LogP contribution in [0.2, 0.25) is 0 Å². The molecule has 0 fully saturated rings. The molecule has 0 unspecified atom stereocenters. The molecule has 0 atom stereocenters. The molecular weight excluding hydrogens is 296 g/mol. The number of hydrazine groups is 1. The van der Waals surface area contributed by atoms with Crippen molar-refractivity contribution in [3.05, 3.63) is 66.3 Å². The molecule has 3 N–H and O–H groups in total. The molecule has 0 aliphatic rings. The van der Waals surface area contributed by atoms with E-state index in [-0.39, 0.29) is 6.42 Å². The van der Waals surface area contributed by atoms with Crippen molar-refractivity contribution in [2.45, 2.75) is 6.42 Å². The summed E-state index contributed by atoms with van der Waals surface area (Å²) in [5.41, 5.74) is 6.32. The van der Waals surface area contributed by atoms with E-state index >= 15 is 0 Å². The van der Waals surface area contributed by atoms with E-state index in [0.29, 0.717) is 17.3 Å². The van der Waals surface area contributed by atoms with Crippen molar-refractivity contribution in [1.29, 1.82) is 0 Å². The van der Waals surface area contributed by atoms with Crippen LogP contribution < -0.4 is 10.9 Å². The summed E-state index contributed by atoms with van der Waals surface area (Å²) in [6.45, 7) is 0. The number of hydrogen-bond acceptors (Lipinski definition) is 4. The van der Waals surface area contributed by atoms with Gasteiger partial charge in [-0.05, 0) is 24.3 Å². The highest BCUT2D eigenvalue weighted by Gasteiger charge is 2.12. The molecular formula is C16H14N4O3. The van der Waals surface area contributed by atoms with Gasteiger partial charge in [-0.3, -0.25) is 20.4 Å². The molecule has 0 bridgehead atoms. The lowest BCUT2D eigenvalue weighted by molar-refractivity contribution is -0.121. The van der Waals surface area contributed by atoms with E-state index in [1.165, 1.54) is 6.26 Å². The Morgan fingerprint density at radius 1 is 1.09 bits per heavy atom. The first kappa shape index (κ1) is 14.6. The van der Waals surface area contributed by atoms with Crippen molar-refractivity contribution < 1.29 is 14.0 Å². The summed E-state index contributed by atoms with van der Waals surface area (Å²) in [4.78, 5) is 30.5. The van der Waals surface area contributed by atoms with E-state index in [1.54, 1.807) is 18.3 Å². The molecule has 0 radical (unpaired) electrons. The molecule has 0 spiro atoms. The van der Waals surface area contributed by atoms with Crippen molar-refractivity contribution >= 4 is 11.8 Å². The van der Waals surface area contributed by atoms with E-state index in [4.69, 9.17) is 4.42 Å². The molecule has 7 heteroatoms. The van der Waals surface area contributed by atoms with Crippen molar-refractivity contribution in [3.8, 4) is 11.5 Å². The zero-order valence-electron chi connectivity index (χ0n) is 12.1. The van der Waals surface area contributed by atoms with Crippen LogP contribution >= 0.6 is 0 Å². The number of amides is 2. The van der Waals surface area contributed by atoms with Gasteiger partial charge in [-0.1, -0.05) is 18.2 Å². The van der Waals surface area contributed by atoms with Gasteiger partial charge in [-0.25, -0.2) is 4.98 Å². The molecule has 7 nitrogen and oxygen atoms in total. The third-order valence-corrected chi connectivity index (χ3v) is 3.07. The normalized spacial score (nSPS) is 10.3. The zero-order valence-corrected chi connectivity index (χ0v) is 12.1. The van der Waals surface area contributed by atoms with Crippen LogP contribution in [0.4, 0.5) is 0 Å². The number of carbonyl (C=O) groups is 2. The lowest BCUT2D eigenvalue weighted by Crippen LogP contribution is -2.42. The Kier molecular flexibility index (Phi) is 4.19. The second-order valence-corrected chi connectivity index (χ2v) is 4.77. The summed E-state index contributed by atoms with van der Waals surface area (Å²) >= 11 is 0. The van der Waals surface area contributed by atoms with E-state index < -0.39 is 11.8 Å². The minimum atomic E-state index is -0.423. The Morgan fingerprint density at radius 3 is 2.65 bits per heavy atom. The number of nitrogens with one attached hydrogen (secondary N) is 3. The van der Waals surface area contributed by atoms with E-state index in [9.17, 15) is 9.59 Å². The van der Waals surface area contributed by atoms with Crippen LogP contribution in [0, 0.1) is 0 Å². The lowest BCUT2D eigenvalue weighted by atomic mass is 10.2. The van der Waals surface area contributed by atoms with Crippen molar-refractivity contribution in [3.63, 3.8) is 0 Å². The third-order valence-electron chi connectivity index (χ3n) is 3.07. The van der Waals surface area contributed by atoms with Gasteiger partial charge in [-0.15, -0.1) is 0 Å². The Balaban J connectivity index is 1.54. The molecule has 2 heterocycles. The number of rotatable bonds is 4. The molecule has 1 aromatic carbocycles. The number of hydrogen-bond donors (Lipinski definition) is 3. The Labute approximate surface area is 131 Å². The summed E-state index contributed by atoms with van der Waals surface area (Å²) < 4.78 is 5.35. The minimum absolute atomic E-state index is 0.00133. The fourth-order valence-corrected chi connectivity index (χ4v) is 1.98. The van der Waals surface area contributed by atoms with E-state index in [0.717, 1.165) is 5.56 Å². The maximum atomic E-state index is 11.8. The van der Waals surface area contributed by atoms with Crippen LogP contribution in [0.5, 0.6) is 0 Å². The maximum Gasteiger partial charge on any atom is 0.286 e. The van der Waals surface area contributed by atoms with Crippen LogP contribution in [-0.2, 0) is 11.2 Å². The van der Waals surface area contributed by atoms with Crippen LogP contribution in [0.15, 0.2) is 59.3 Å². The molecule has 2 aromatic heterocycles. The standard InChI is InChI=1S/C16H14N4O3/c21-14(19-20-15(22)13-7-4-8-17-13)9-12-10-23-16(18-12)11-5-2-1-3-6-11/h1-8,10,17H,9H2,(H,19,21)(H,20,22). The number of benzene rings is 1. The summed E-state index contributed by atoms with van der Waals surface area (Å²) in [6.07, 6.45) is 3.05. The molecule has 2 amide bonds. The fraction of sp³-hybridized carbons (Fsp3) is 0.0625. The summed E-state index contributed by atoms with van der Waals surface area (Å²) in [5, 5.41) is 0. The molecule has 116 valence electrons. The van der Waals surface area contributed by atoms with Crippen molar-refractivity contribution in [2.24, 2.45) is 0 Å². The number of aromatic nitrogens is 2. The number of H-pyrrole nitrogens is 1. The summed E-state index contributed by atoms with van der Waals surface area (Å²) in [6, 6.07) is 12.7. The minimum Gasteiger partial charge on any atom is -0.444 e. The first-order valence-electron chi connectivity index (χ1n) is 6.95. The first-order chi connectivity index (χ1) is 11.2. The molecule has 0 saturated heterocycles. The Morgan fingerprint density at radius 2 is 1.91 bits per heavy atom. The number of aromatic amines is 1. The highest BCUT2D eigenvalue weighted by molar-refractivity contribution is 5.93. The highest BCUT2D eigenvalue weighted by atomic mass is 16.3. The second-order valence-electron chi connectivity index (χ2n) is 4.77. The SMILES string of the molecule is O=C(Cc1coc(-c2ccccc2)n1)NNC(=O)c1ccc[nH]1. The van der Waals surface area contributed by atoms with Gasteiger partial charge in [0.15, 0.2) is 0 Å². The molecule has 0 saturated carbocycles. The second kappa shape index (κ2) is 6.61. The van der Waals surface area contributed by atoms with E-state index in [1.807, 2.05) is 30.3 Å². The maximum absolute atomic E-state index is 11.8. The monoisotopic (exact) mass is 310 g/mol. The highest BCUT2D eigenvalue weighted by Crippen LogP contribution is 2.17. The topological polar surface area (TPSA) is 100 Å². The van der Waals surface area contributed by atoms with Gasteiger partial charge in [0.2, 0.25) is 11.8 Å². The van der Waals surface area contributed by atoms with Crippen LogP contribution in [0.3, 0.4) is 0 Å². The molecule has 0 aliphatic heterocycles. The average molecular weight is 310 g/mol. The predicted octanol–water partition coefficient (Wildman–Crippen LogP) is 1.67. The average Bonchev–Trinajstić information content (AvgIpc) is 3.25. The van der Waals surface area contributed by atoms with Crippen LogP contribution in [-0.4, -0.2) is 21.8 Å². The summed E-state index contributed by atoms with van der Waals surface area (Å²) in [7, 11) is 0. The largest absolute Gasteiger partial charge is 0.444 e. The number of nitrogens with zero attached hydrogens (tertiary/aromatic N) is 1. The first-order valence-corrected chi connectivity index (χ1v) is 6.95. The number of oxazole rings is 1. The van der Waals surface area contributed by atoms with Gasteiger partial charge < -0.3 is 9.40 Å². The molecule has 0 aliphatic carbocycles. The van der Waals surface area contributed by atoms with Gasteiger partial charge in [0.05, 0.1) is 12.1 Å². The van der Waals surface area contributed by atoms with Crippen LogP contribution in [0.25, 0.3) is 11.5 Å². The van der Waals surface area contributed by atoms with Gasteiger partial charge in [0, 0.05) is 11.8 Å². The molecule has 3 aromatic rings. The van der Waals surface area contributed by atoms with Gasteiger partial charge >= 0.3 is 0 Å². The van der Waals surface area contributed by atoms with Crippen molar-refractivity contribution in [1.82, 2.24) is 20.8 Å². The van der Waals surface area contributed by atoms with Gasteiger partial charge in [0.25, 0.3) is 5.91 Å². The van der Waals surface area contributed by atoms with Crippen molar-refractivity contribution in [2.75, 3.05) is 0 Å². The Hall–Kier alpha value is -3.35. The predicted molar refractivity (Wildman–Crippen MR) is 82.0 cm³/mol. The van der Waals surface area contributed by atoms with Gasteiger partial charge in [-0.2, -0.15) is 0 Å². The lowest BCUT2D eigenvalue weighted by Gasteiger charge is -2.04. The molecule has 23 heavy (non-hydrogen) atoms. The third kappa shape index (κ3) is 3.65. The fourth-order valence-electron chi connectivity index (χ4n) is 1.98. The zero-order chi connectivity index (χ0) is 16.1. The number of carbonyl (C=O) groups excluding carboxylic acids is 2. The smallest absolute Gasteiger partial charge is 0.286 e. The van der Waals surface area contributed by atoms with Crippen LogP contribution in [0.1, 0.15) is 16.2 Å². The van der Waals surface area contributed by atoms with Gasteiger partial charge in [0.1, 0.15) is 12.0 Å². The quantitative estimate of drug-likeness (QED) is 0.638. The summed E-state index contributed by atoms with van der Waals surface area (Å²) in [5.74, 6) is -0.366. The Bertz CT molecular complexity index is 794. The molecule has 3 rings (SSSR count). The van der Waals surface area contributed by atoms with E-state index in [2.05, 4.69) is 20.8 Å².